The Morgan fingerprint density at radius 2 is 2.08 bits per heavy atom. The number of nitro groups is 1. The maximum absolute atomic E-state index is 12.0. The smallest absolute Gasteiger partial charge is 0.272 e. The van der Waals surface area contributed by atoms with Gasteiger partial charge in [-0.2, -0.15) is 5.10 Å². The van der Waals surface area contributed by atoms with Crippen molar-refractivity contribution in [3.8, 4) is 0 Å². The summed E-state index contributed by atoms with van der Waals surface area (Å²) in [4.78, 5) is 38.0. The van der Waals surface area contributed by atoms with Crippen LogP contribution in [0.5, 0.6) is 0 Å². The Hall–Kier alpha value is -3.82. The lowest BCUT2D eigenvalue weighted by molar-refractivity contribution is -0.384. The van der Waals surface area contributed by atoms with Gasteiger partial charge in [0.15, 0.2) is 0 Å². The monoisotopic (exact) mass is 356 g/mol. The van der Waals surface area contributed by atoms with Crippen molar-refractivity contribution in [3.63, 3.8) is 0 Å². The molecule has 2 amide bonds. The number of amides is 2. The van der Waals surface area contributed by atoms with Gasteiger partial charge >= 0.3 is 0 Å². The molecule has 10 heteroatoms. The molecule has 0 aliphatic carbocycles. The van der Waals surface area contributed by atoms with Gasteiger partial charge in [0.1, 0.15) is 5.82 Å². The molecule has 0 fully saturated rings. The number of carbonyl (C=O) groups excluding carboxylic acids is 2. The Balaban J connectivity index is 1.96. The minimum atomic E-state index is -0.676. The number of nitro benzene ring substituents is 1. The summed E-state index contributed by atoms with van der Waals surface area (Å²) in [6.45, 7) is 1.56. The summed E-state index contributed by atoms with van der Waals surface area (Å²) in [6, 6.07) is 8.62. The second kappa shape index (κ2) is 8.33. The SMILES string of the molecule is C/C(CC(=O)Nc1ccccn1)=N\NC(=O)c1cc(N)cc([N+](=O)[O-])c1. The number of anilines is 2. The van der Waals surface area contributed by atoms with E-state index in [1.807, 2.05) is 0 Å². The van der Waals surface area contributed by atoms with Crippen LogP contribution in [0.4, 0.5) is 17.2 Å². The van der Waals surface area contributed by atoms with E-state index < -0.39 is 10.8 Å². The number of nitrogens with one attached hydrogen (secondary N) is 2. The van der Waals surface area contributed by atoms with Crippen molar-refractivity contribution in [2.75, 3.05) is 11.1 Å². The quantitative estimate of drug-likeness (QED) is 0.310. The van der Waals surface area contributed by atoms with Crippen LogP contribution in [0.1, 0.15) is 23.7 Å². The topological polar surface area (TPSA) is 153 Å². The van der Waals surface area contributed by atoms with Crippen LogP contribution < -0.4 is 16.5 Å². The van der Waals surface area contributed by atoms with Gasteiger partial charge in [0, 0.05) is 29.7 Å². The molecule has 10 nitrogen and oxygen atoms in total. The number of carbonyl (C=O) groups is 2. The van der Waals surface area contributed by atoms with Crippen LogP contribution in [0.15, 0.2) is 47.7 Å². The third kappa shape index (κ3) is 5.37. The Kier molecular flexibility index (Phi) is 5.93. The van der Waals surface area contributed by atoms with E-state index in [4.69, 9.17) is 5.73 Å². The summed E-state index contributed by atoms with van der Waals surface area (Å²) in [5, 5.41) is 17.2. The van der Waals surface area contributed by atoms with E-state index in [1.165, 1.54) is 6.07 Å². The molecule has 1 heterocycles. The van der Waals surface area contributed by atoms with Crippen LogP contribution in [0.2, 0.25) is 0 Å². The minimum absolute atomic E-state index is 0.00816. The maximum atomic E-state index is 12.0. The molecule has 0 atom stereocenters. The van der Waals surface area contributed by atoms with E-state index in [-0.39, 0.29) is 29.3 Å². The second-order valence-electron chi connectivity index (χ2n) is 5.30. The highest BCUT2D eigenvalue weighted by atomic mass is 16.6. The van der Waals surface area contributed by atoms with Crippen LogP contribution in [0, 0.1) is 10.1 Å². The first-order chi connectivity index (χ1) is 12.3. The second-order valence-corrected chi connectivity index (χ2v) is 5.30. The first-order valence-corrected chi connectivity index (χ1v) is 7.44. The van der Waals surface area contributed by atoms with E-state index in [1.54, 1.807) is 31.3 Å². The summed E-state index contributed by atoms with van der Waals surface area (Å²) in [6.07, 6.45) is 1.48. The van der Waals surface area contributed by atoms with Gasteiger partial charge in [-0.05, 0) is 25.1 Å². The summed E-state index contributed by atoms with van der Waals surface area (Å²) < 4.78 is 0. The van der Waals surface area contributed by atoms with Crippen molar-refractivity contribution in [2.45, 2.75) is 13.3 Å². The van der Waals surface area contributed by atoms with Crippen molar-refractivity contribution in [1.82, 2.24) is 10.4 Å². The van der Waals surface area contributed by atoms with Crippen LogP contribution in [-0.4, -0.2) is 27.4 Å². The molecule has 0 unspecified atom stereocenters. The van der Waals surface area contributed by atoms with Gasteiger partial charge in [-0.3, -0.25) is 19.7 Å². The van der Waals surface area contributed by atoms with E-state index in [9.17, 15) is 19.7 Å². The molecule has 4 N–H and O–H groups in total. The number of nitrogens with two attached hydrogens (primary N) is 1. The highest BCUT2D eigenvalue weighted by molar-refractivity contribution is 6.05. The molecule has 0 saturated heterocycles. The number of rotatable bonds is 6. The summed E-state index contributed by atoms with van der Waals surface area (Å²) in [7, 11) is 0. The Morgan fingerprint density at radius 3 is 2.73 bits per heavy atom. The van der Waals surface area contributed by atoms with Crippen molar-refractivity contribution >= 4 is 34.7 Å². The summed E-state index contributed by atoms with van der Waals surface area (Å²) >= 11 is 0. The highest BCUT2D eigenvalue weighted by Crippen LogP contribution is 2.18. The average molecular weight is 356 g/mol. The van der Waals surface area contributed by atoms with Gasteiger partial charge < -0.3 is 11.1 Å². The zero-order valence-electron chi connectivity index (χ0n) is 13.8. The molecule has 0 saturated carbocycles. The van der Waals surface area contributed by atoms with Crippen LogP contribution in [-0.2, 0) is 4.79 Å². The van der Waals surface area contributed by atoms with Gasteiger partial charge in [-0.15, -0.1) is 0 Å². The lowest BCUT2D eigenvalue weighted by atomic mass is 10.1. The third-order valence-corrected chi connectivity index (χ3v) is 3.11. The van der Waals surface area contributed by atoms with E-state index in [0.29, 0.717) is 11.5 Å². The molecule has 1 aromatic carbocycles. The molecule has 0 aliphatic rings. The van der Waals surface area contributed by atoms with Crippen molar-refractivity contribution in [1.29, 1.82) is 0 Å². The average Bonchev–Trinajstić information content (AvgIpc) is 2.59. The fraction of sp³-hybridized carbons (Fsp3) is 0.125. The molecule has 1 aromatic heterocycles. The van der Waals surface area contributed by atoms with Gasteiger partial charge in [0.25, 0.3) is 11.6 Å². The molecule has 0 bridgehead atoms. The summed E-state index contributed by atoms with van der Waals surface area (Å²) in [5.41, 5.74) is 7.90. The first-order valence-electron chi connectivity index (χ1n) is 7.44. The summed E-state index contributed by atoms with van der Waals surface area (Å²) in [5.74, 6) is -0.620. The highest BCUT2D eigenvalue weighted by Gasteiger charge is 2.13. The third-order valence-electron chi connectivity index (χ3n) is 3.11. The number of nitrogens with zero attached hydrogens (tertiary/aromatic N) is 3. The Bertz CT molecular complexity index is 866. The Morgan fingerprint density at radius 1 is 1.31 bits per heavy atom. The van der Waals surface area contributed by atoms with Gasteiger partial charge in [-0.25, -0.2) is 10.4 Å². The van der Waals surface area contributed by atoms with Crippen LogP contribution >= 0.6 is 0 Å². The number of nitrogen functional groups attached to an aromatic ring is 1. The number of aromatic nitrogens is 1. The van der Waals surface area contributed by atoms with Gasteiger partial charge in [-0.1, -0.05) is 6.07 Å². The zero-order chi connectivity index (χ0) is 19.1. The Labute approximate surface area is 148 Å². The molecular weight excluding hydrogens is 340 g/mol. The molecule has 134 valence electrons. The first kappa shape index (κ1) is 18.5. The standard InChI is InChI=1S/C16H16N6O4/c1-10(6-15(23)19-14-4-2-3-5-18-14)20-21-16(24)11-7-12(17)9-13(8-11)22(25)26/h2-5,7-9H,6,17H2,1H3,(H,21,24)(H,18,19,23)/b20-10+. The van der Waals surface area contributed by atoms with Crippen molar-refractivity contribution in [3.05, 3.63) is 58.3 Å². The van der Waals surface area contributed by atoms with Crippen LogP contribution in [0.25, 0.3) is 0 Å². The van der Waals surface area contributed by atoms with E-state index in [2.05, 4.69) is 20.8 Å². The van der Waals surface area contributed by atoms with Crippen molar-refractivity contribution in [2.24, 2.45) is 5.10 Å². The van der Waals surface area contributed by atoms with E-state index >= 15 is 0 Å². The number of pyridine rings is 1. The number of non-ortho nitro benzene ring substituents is 1. The maximum Gasteiger partial charge on any atom is 0.272 e. The molecule has 0 aliphatic heterocycles. The molecule has 2 rings (SSSR count). The van der Waals surface area contributed by atoms with Crippen LogP contribution in [0.3, 0.4) is 0 Å². The largest absolute Gasteiger partial charge is 0.399 e. The molecule has 0 radical (unpaired) electrons. The lowest BCUT2D eigenvalue weighted by Crippen LogP contribution is -2.22. The predicted octanol–water partition coefficient (Wildman–Crippen LogP) is 1.71. The van der Waals surface area contributed by atoms with Gasteiger partial charge in [0.05, 0.1) is 16.9 Å². The molecule has 2 aromatic rings. The van der Waals surface area contributed by atoms with Crippen molar-refractivity contribution < 1.29 is 14.5 Å². The molecule has 26 heavy (non-hydrogen) atoms. The molecule has 0 spiro atoms. The fourth-order valence-electron chi connectivity index (χ4n) is 1.98. The molecular formula is C16H16N6O4. The minimum Gasteiger partial charge on any atom is -0.399 e. The van der Waals surface area contributed by atoms with E-state index in [0.717, 1.165) is 12.1 Å². The normalized spacial score (nSPS) is 10.9. The number of hydrogen-bond donors (Lipinski definition) is 3. The fourth-order valence-corrected chi connectivity index (χ4v) is 1.98. The lowest BCUT2D eigenvalue weighted by Gasteiger charge is -2.05. The zero-order valence-corrected chi connectivity index (χ0v) is 13.8. The van der Waals surface area contributed by atoms with Gasteiger partial charge in [0.2, 0.25) is 5.91 Å². The number of hydrazone groups is 1. The number of benzene rings is 1. The number of hydrogen-bond acceptors (Lipinski definition) is 7. The predicted molar refractivity (Wildman–Crippen MR) is 95.6 cm³/mol.